The summed E-state index contributed by atoms with van der Waals surface area (Å²) in [5.74, 6) is 0.106. The number of nitro benzene ring substituents is 1. The number of ether oxygens (including phenoxy) is 1. The molecular formula is C26H22N4O5. The summed E-state index contributed by atoms with van der Waals surface area (Å²) in [5, 5.41) is 19.2. The van der Waals surface area contributed by atoms with Crippen LogP contribution in [0.1, 0.15) is 43.5 Å². The van der Waals surface area contributed by atoms with Gasteiger partial charge in [0.15, 0.2) is 5.78 Å². The van der Waals surface area contributed by atoms with Crippen molar-refractivity contribution in [1.82, 2.24) is 9.78 Å². The van der Waals surface area contributed by atoms with Crippen LogP contribution in [0.5, 0.6) is 5.88 Å². The molecule has 0 radical (unpaired) electrons. The third-order valence-corrected chi connectivity index (χ3v) is 7.03. The second-order valence-electron chi connectivity index (χ2n) is 10.0. The molecule has 1 atom stereocenters. The Morgan fingerprint density at radius 2 is 1.86 bits per heavy atom. The smallest absolute Gasteiger partial charge is 0.269 e. The number of nitrogens with one attached hydrogen (secondary N) is 1. The standard InChI is InChI=1S/C26H22N4O5/c1-14-21-23(29(28-14)15-7-5-4-6-8-15)35-20-13-25(2,3)12-19(31)22(20)26(21)17-11-16(30(33)34)9-10-18(17)27-24(26)32/h4-11H,12-13H2,1-3H3,(H,27,32). The van der Waals surface area contributed by atoms with Crippen molar-refractivity contribution in [2.45, 2.75) is 39.0 Å². The first-order valence-corrected chi connectivity index (χ1v) is 11.3. The summed E-state index contributed by atoms with van der Waals surface area (Å²) in [6.45, 7) is 5.72. The van der Waals surface area contributed by atoms with Crippen LogP contribution < -0.4 is 10.1 Å². The maximum Gasteiger partial charge on any atom is 0.269 e. The van der Waals surface area contributed by atoms with Crippen molar-refractivity contribution in [2.24, 2.45) is 5.41 Å². The Labute approximate surface area is 200 Å². The maximum atomic E-state index is 14.0. The largest absolute Gasteiger partial charge is 0.442 e. The Morgan fingerprint density at radius 1 is 1.11 bits per heavy atom. The fraction of sp³-hybridized carbons (Fsp3) is 0.269. The summed E-state index contributed by atoms with van der Waals surface area (Å²) >= 11 is 0. The number of allylic oxidation sites excluding steroid dienone is 1. The topological polar surface area (TPSA) is 116 Å². The van der Waals surface area contributed by atoms with Gasteiger partial charge < -0.3 is 10.1 Å². The Morgan fingerprint density at radius 3 is 2.57 bits per heavy atom. The number of fused-ring (bicyclic) bond motifs is 5. The lowest BCUT2D eigenvalue weighted by Crippen LogP contribution is -2.47. The zero-order valence-electron chi connectivity index (χ0n) is 19.4. The van der Waals surface area contributed by atoms with E-state index < -0.39 is 16.2 Å². The van der Waals surface area contributed by atoms with E-state index in [9.17, 15) is 19.7 Å². The molecule has 6 rings (SSSR count). The number of Topliss-reactive ketones (excluding diaryl/α,β-unsaturated/α-hetero) is 1. The first-order valence-electron chi connectivity index (χ1n) is 11.3. The van der Waals surface area contributed by atoms with Crippen LogP contribution in [0.25, 0.3) is 5.69 Å². The second-order valence-corrected chi connectivity index (χ2v) is 10.0. The normalized spacial score (nSPS) is 21.8. The predicted octanol–water partition coefficient (Wildman–Crippen LogP) is 4.36. The Kier molecular flexibility index (Phi) is 4.18. The van der Waals surface area contributed by atoms with Gasteiger partial charge >= 0.3 is 0 Å². The van der Waals surface area contributed by atoms with Crippen molar-refractivity contribution in [2.75, 3.05) is 5.32 Å². The minimum absolute atomic E-state index is 0.161. The molecule has 3 aliphatic rings. The average Bonchev–Trinajstić information content (AvgIpc) is 3.27. The van der Waals surface area contributed by atoms with E-state index >= 15 is 0 Å². The van der Waals surface area contributed by atoms with Crippen LogP contribution in [0.4, 0.5) is 11.4 Å². The highest BCUT2D eigenvalue weighted by atomic mass is 16.6. The minimum atomic E-state index is -1.59. The number of benzene rings is 2. The van der Waals surface area contributed by atoms with Crippen LogP contribution in [0.3, 0.4) is 0 Å². The summed E-state index contributed by atoms with van der Waals surface area (Å²) in [6, 6.07) is 13.6. The number of ketones is 1. The van der Waals surface area contributed by atoms with E-state index in [1.807, 2.05) is 44.2 Å². The van der Waals surface area contributed by atoms with E-state index in [-0.39, 0.29) is 28.9 Å². The number of nitro groups is 1. The Balaban J connectivity index is 1.73. The number of aromatic nitrogens is 2. The van der Waals surface area contributed by atoms with Gasteiger partial charge in [-0.3, -0.25) is 19.7 Å². The van der Waals surface area contributed by atoms with Gasteiger partial charge in [0.25, 0.3) is 5.69 Å². The van der Waals surface area contributed by atoms with Crippen LogP contribution in [-0.2, 0) is 15.0 Å². The maximum absolute atomic E-state index is 14.0. The van der Waals surface area contributed by atoms with E-state index in [1.165, 1.54) is 18.2 Å². The molecule has 1 amide bonds. The molecule has 1 aliphatic carbocycles. The number of carbonyl (C=O) groups excluding carboxylic acids is 2. The molecule has 35 heavy (non-hydrogen) atoms. The van der Waals surface area contributed by atoms with Gasteiger partial charge in [0.05, 0.1) is 27.4 Å². The number of hydrogen-bond acceptors (Lipinski definition) is 6. The molecule has 1 N–H and O–H groups in total. The molecule has 3 heterocycles. The number of carbonyl (C=O) groups is 2. The van der Waals surface area contributed by atoms with Crippen LogP contribution in [0.2, 0.25) is 0 Å². The molecule has 0 fully saturated rings. The van der Waals surface area contributed by atoms with Gasteiger partial charge in [-0.1, -0.05) is 32.0 Å². The number of rotatable bonds is 2. The Hall–Kier alpha value is -4.27. The van der Waals surface area contributed by atoms with Gasteiger partial charge in [-0.15, -0.1) is 0 Å². The van der Waals surface area contributed by atoms with Crippen LogP contribution in [0, 0.1) is 22.5 Å². The van der Waals surface area contributed by atoms with E-state index in [1.54, 1.807) is 11.6 Å². The molecule has 0 saturated carbocycles. The highest BCUT2D eigenvalue weighted by molar-refractivity contribution is 6.19. The van der Waals surface area contributed by atoms with Gasteiger partial charge in [0.2, 0.25) is 11.8 Å². The third-order valence-electron chi connectivity index (χ3n) is 7.03. The number of para-hydroxylation sites is 1. The number of non-ortho nitro benzene ring substituents is 1. The molecule has 9 nitrogen and oxygen atoms in total. The van der Waals surface area contributed by atoms with E-state index in [0.29, 0.717) is 40.6 Å². The first kappa shape index (κ1) is 21.3. The van der Waals surface area contributed by atoms with E-state index in [2.05, 4.69) is 5.32 Å². The first-order chi connectivity index (χ1) is 16.6. The number of aryl methyl sites for hydroxylation is 1. The molecule has 176 valence electrons. The monoisotopic (exact) mass is 470 g/mol. The van der Waals surface area contributed by atoms with Gasteiger partial charge in [0, 0.05) is 36.2 Å². The predicted molar refractivity (Wildman–Crippen MR) is 126 cm³/mol. The van der Waals surface area contributed by atoms with Crippen LogP contribution >= 0.6 is 0 Å². The zero-order chi connectivity index (χ0) is 24.7. The van der Waals surface area contributed by atoms with E-state index in [0.717, 1.165) is 5.69 Å². The molecule has 1 spiro atoms. The molecule has 2 aromatic carbocycles. The Bertz CT molecular complexity index is 1500. The van der Waals surface area contributed by atoms with Crippen LogP contribution in [0.15, 0.2) is 59.9 Å². The molecule has 1 unspecified atom stereocenters. The summed E-state index contributed by atoms with van der Waals surface area (Å²) < 4.78 is 8.05. The van der Waals surface area contributed by atoms with Crippen molar-refractivity contribution in [1.29, 1.82) is 0 Å². The molecule has 0 bridgehead atoms. The van der Waals surface area contributed by atoms with Gasteiger partial charge in [-0.05, 0) is 30.5 Å². The highest BCUT2D eigenvalue weighted by Gasteiger charge is 2.61. The quantitative estimate of drug-likeness (QED) is 0.439. The number of nitrogens with zero attached hydrogens (tertiary/aromatic N) is 3. The average molecular weight is 470 g/mol. The summed E-state index contributed by atoms with van der Waals surface area (Å²) in [6.07, 6.45) is 0.668. The molecule has 1 aromatic heterocycles. The summed E-state index contributed by atoms with van der Waals surface area (Å²) in [7, 11) is 0. The number of anilines is 1. The fourth-order valence-electron chi connectivity index (χ4n) is 5.69. The van der Waals surface area contributed by atoms with Crippen molar-refractivity contribution < 1.29 is 19.2 Å². The number of amides is 1. The SMILES string of the molecule is Cc1nn(-c2ccccc2)c2c1C1(C(=O)Nc3ccc([N+](=O)[O-])cc31)C1=C(CC(C)(C)CC1=O)O2. The fourth-order valence-corrected chi connectivity index (χ4v) is 5.69. The van der Waals surface area contributed by atoms with Crippen molar-refractivity contribution >= 4 is 23.1 Å². The summed E-state index contributed by atoms with van der Waals surface area (Å²) in [4.78, 5) is 38.8. The minimum Gasteiger partial charge on any atom is -0.442 e. The van der Waals surface area contributed by atoms with Gasteiger partial charge in [-0.2, -0.15) is 5.10 Å². The molecule has 9 heteroatoms. The molecule has 2 aliphatic heterocycles. The second kappa shape index (κ2) is 6.88. The molecule has 0 saturated heterocycles. The third kappa shape index (κ3) is 2.78. The van der Waals surface area contributed by atoms with Crippen molar-refractivity contribution in [3.05, 3.63) is 86.8 Å². The lowest BCUT2D eigenvalue weighted by Gasteiger charge is -2.41. The van der Waals surface area contributed by atoms with E-state index in [4.69, 9.17) is 9.84 Å². The lowest BCUT2D eigenvalue weighted by atomic mass is 9.62. The van der Waals surface area contributed by atoms with Crippen LogP contribution in [-0.4, -0.2) is 26.4 Å². The molecular weight excluding hydrogens is 448 g/mol. The van der Waals surface area contributed by atoms with Gasteiger partial charge in [0.1, 0.15) is 11.2 Å². The highest BCUT2D eigenvalue weighted by Crippen LogP contribution is 2.59. The van der Waals surface area contributed by atoms with Gasteiger partial charge in [-0.25, -0.2) is 4.68 Å². The lowest BCUT2D eigenvalue weighted by molar-refractivity contribution is -0.384. The van der Waals surface area contributed by atoms with Crippen molar-refractivity contribution in [3.8, 4) is 11.6 Å². The summed E-state index contributed by atoms with van der Waals surface area (Å²) in [5.41, 5.74) is 0.602. The van der Waals surface area contributed by atoms with Crippen molar-refractivity contribution in [3.63, 3.8) is 0 Å². The zero-order valence-corrected chi connectivity index (χ0v) is 19.4. The molecule has 3 aromatic rings. The number of hydrogen-bond donors (Lipinski definition) is 1.